The van der Waals surface area contributed by atoms with Crippen LogP contribution in [-0.2, 0) is 16.7 Å². The predicted octanol–water partition coefficient (Wildman–Crippen LogP) is 4.79. The van der Waals surface area contributed by atoms with Gasteiger partial charge in [0, 0.05) is 26.8 Å². The molecule has 0 spiro atoms. The smallest absolute Gasteiger partial charge is 0.231 e. The molecule has 2 heterocycles. The van der Waals surface area contributed by atoms with Gasteiger partial charge in [-0.25, -0.2) is 0 Å². The van der Waals surface area contributed by atoms with Gasteiger partial charge in [-0.3, -0.25) is 9.69 Å². The molecule has 0 amide bonds. The zero-order valence-corrected chi connectivity index (χ0v) is 18.2. The molecule has 2 aromatic carbocycles. The maximum atomic E-state index is 12.9. The lowest BCUT2D eigenvalue weighted by atomic mass is 9.86. The summed E-state index contributed by atoms with van der Waals surface area (Å²) in [5.74, 6) is 1.70. The van der Waals surface area contributed by atoms with E-state index in [0.29, 0.717) is 37.0 Å². The van der Waals surface area contributed by atoms with Gasteiger partial charge in [-0.2, -0.15) is 0 Å². The zero-order valence-electron chi connectivity index (χ0n) is 18.2. The van der Waals surface area contributed by atoms with Gasteiger partial charge in [-0.05, 0) is 41.2 Å². The lowest BCUT2D eigenvalue weighted by Gasteiger charge is -2.29. The molecule has 2 aliphatic rings. The molecule has 0 aromatic heterocycles. The highest BCUT2D eigenvalue weighted by Gasteiger charge is 2.33. The fourth-order valence-corrected chi connectivity index (χ4v) is 3.81. The molecule has 0 aliphatic carbocycles. The summed E-state index contributed by atoms with van der Waals surface area (Å²) in [6.45, 7) is 9.37. The van der Waals surface area contributed by atoms with Gasteiger partial charge in [0.1, 0.15) is 18.2 Å². The van der Waals surface area contributed by atoms with Crippen molar-refractivity contribution in [1.29, 1.82) is 0 Å². The second kappa shape index (κ2) is 8.25. The Labute approximate surface area is 178 Å². The van der Waals surface area contributed by atoms with Gasteiger partial charge >= 0.3 is 0 Å². The highest BCUT2D eigenvalue weighted by molar-refractivity contribution is 6.15. The number of carbonyl (C=O) groups excluding carboxylic acids is 1. The predicted molar refractivity (Wildman–Crippen MR) is 117 cm³/mol. The highest BCUT2D eigenvalue weighted by Crippen LogP contribution is 2.42. The number of benzene rings is 2. The van der Waals surface area contributed by atoms with E-state index in [9.17, 15) is 4.79 Å². The van der Waals surface area contributed by atoms with E-state index in [1.807, 2.05) is 24.3 Å². The molecule has 158 valence electrons. The summed E-state index contributed by atoms with van der Waals surface area (Å²) >= 11 is 0. The van der Waals surface area contributed by atoms with Gasteiger partial charge in [0.15, 0.2) is 5.76 Å². The van der Waals surface area contributed by atoms with Gasteiger partial charge in [0.2, 0.25) is 5.78 Å². The van der Waals surface area contributed by atoms with Gasteiger partial charge < -0.3 is 14.2 Å². The number of allylic oxidation sites excluding steroid dienone is 1. The van der Waals surface area contributed by atoms with Crippen LogP contribution in [0, 0.1) is 0 Å². The Morgan fingerprint density at radius 3 is 2.60 bits per heavy atom. The van der Waals surface area contributed by atoms with E-state index in [1.54, 1.807) is 13.2 Å². The van der Waals surface area contributed by atoms with E-state index in [0.717, 1.165) is 29.8 Å². The summed E-state index contributed by atoms with van der Waals surface area (Å²) in [6.07, 6.45) is 2.75. The monoisotopic (exact) mass is 407 g/mol. The van der Waals surface area contributed by atoms with E-state index in [4.69, 9.17) is 14.2 Å². The Kier molecular flexibility index (Phi) is 5.67. The largest absolute Gasteiger partial charge is 0.478 e. The standard InChI is InChI=1S/C25H29NO4/c1-25(2,3)18-8-6-17(7-9-18)14-22-23(27)19-10-11-21-20(24(19)30-22)15-26(16-29-21)12-5-13-28-4/h6-11,14H,5,12-13,15-16H2,1-4H3/b22-14-. The average Bonchev–Trinajstić information content (AvgIpc) is 3.04. The Hall–Kier alpha value is -2.63. The van der Waals surface area contributed by atoms with Crippen LogP contribution in [-0.4, -0.2) is 37.7 Å². The van der Waals surface area contributed by atoms with Crippen molar-refractivity contribution >= 4 is 11.9 Å². The Balaban J connectivity index is 1.56. The molecule has 0 bridgehead atoms. The lowest BCUT2D eigenvalue weighted by Crippen LogP contribution is -2.33. The van der Waals surface area contributed by atoms with Crippen molar-refractivity contribution in [2.24, 2.45) is 0 Å². The fourth-order valence-electron chi connectivity index (χ4n) is 3.81. The van der Waals surface area contributed by atoms with Crippen LogP contribution in [0.2, 0.25) is 0 Å². The van der Waals surface area contributed by atoms with Crippen LogP contribution >= 0.6 is 0 Å². The molecular weight excluding hydrogens is 378 g/mol. The number of ketones is 1. The molecule has 0 radical (unpaired) electrons. The first-order valence-corrected chi connectivity index (χ1v) is 10.4. The second-order valence-electron chi connectivity index (χ2n) is 8.90. The number of Topliss-reactive ketones (excluding diaryl/α,β-unsaturated/α-hetero) is 1. The molecule has 0 saturated carbocycles. The SMILES string of the molecule is COCCCN1COc2ccc3c(c2C1)O/C(=C\c1ccc(C(C)(C)C)cc1)C3=O. The molecule has 0 saturated heterocycles. The number of rotatable bonds is 5. The van der Waals surface area contributed by atoms with E-state index in [1.165, 1.54) is 5.56 Å². The molecule has 0 N–H and O–H groups in total. The third-order valence-corrected chi connectivity index (χ3v) is 5.58. The molecule has 5 nitrogen and oxygen atoms in total. The normalized spacial score (nSPS) is 17.5. The number of fused-ring (bicyclic) bond motifs is 3. The summed E-state index contributed by atoms with van der Waals surface area (Å²) in [5.41, 5.74) is 3.84. The quantitative estimate of drug-likeness (QED) is 0.527. The van der Waals surface area contributed by atoms with Crippen molar-refractivity contribution in [2.45, 2.75) is 39.2 Å². The van der Waals surface area contributed by atoms with E-state index >= 15 is 0 Å². The minimum Gasteiger partial charge on any atom is -0.478 e. The molecule has 2 aromatic rings. The first-order valence-electron chi connectivity index (χ1n) is 10.4. The maximum absolute atomic E-state index is 12.9. The summed E-state index contributed by atoms with van der Waals surface area (Å²) in [4.78, 5) is 15.1. The van der Waals surface area contributed by atoms with E-state index in [2.05, 4.69) is 37.8 Å². The molecule has 0 fully saturated rings. The van der Waals surface area contributed by atoms with Crippen LogP contribution in [0.25, 0.3) is 6.08 Å². The molecule has 0 atom stereocenters. The minimum atomic E-state index is -0.0794. The highest BCUT2D eigenvalue weighted by atomic mass is 16.5. The second-order valence-corrected chi connectivity index (χ2v) is 8.90. The first-order chi connectivity index (χ1) is 14.4. The van der Waals surface area contributed by atoms with Crippen molar-refractivity contribution in [3.8, 4) is 11.5 Å². The molecule has 0 unspecified atom stereocenters. The zero-order chi connectivity index (χ0) is 21.3. The minimum absolute atomic E-state index is 0.0794. The number of ether oxygens (including phenoxy) is 3. The summed E-state index contributed by atoms with van der Waals surface area (Å²) < 4.78 is 17.1. The van der Waals surface area contributed by atoms with Gasteiger partial charge in [-0.15, -0.1) is 0 Å². The molecular formula is C25H29NO4. The van der Waals surface area contributed by atoms with Crippen LogP contribution < -0.4 is 9.47 Å². The number of nitrogens with zero attached hydrogens (tertiary/aromatic N) is 1. The Morgan fingerprint density at radius 1 is 1.13 bits per heavy atom. The van der Waals surface area contributed by atoms with Crippen molar-refractivity contribution in [3.63, 3.8) is 0 Å². The van der Waals surface area contributed by atoms with Crippen LogP contribution in [0.3, 0.4) is 0 Å². The third kappa shape index (κ3) is 4.13. The molecule has 30 heavy (non-hydrogen) atoms. The van der Waals surface area contributed by atoms with E-state index in [-0.39, 0.29) is 11.2 Å². The topological polar surface area (TPSA) is 48.0 Å². The first kappa shape index (κ1) is 20.6. The lowest BCUT2D eigenvalue weighted by molar-refractivity contribution is 0.0823. The molecule has 2 aliphatic heterocycles. The van der Waals surface area contributed by atoms with Crippen molar-refractivity contribution < 1.29 is 19.0 Å². The van der Waals surface area contributed by atoms with Gasteiger partial charge in [0.05, 0.1) is 11.1 Å². The number of hydrogen-bond acceptors (Lipinski definition) is 5. The summed E-state index contributed by atoms with van der Waals surface area (Å²) in [6, 6.07) is 12.0. The van der Waals surface area contributed by atoms with Crippen LogP contribution in [0.15, 0.2) is 42.2 Å². The van der Waals surface area contributed by atoms with Crippen LogP contribution in [0.4, 0.5) is 0 Å². The third-order valence-electron chi connectivity index (χ3n) is 5.58. The number of hydrogen-bond donors (Lipinski definition) is 0. The van der Waals surface area contributed by atoms with E-state index < -0.39 is 0 Å². The molecule has 5 heteroatoms. The summed E-state index contributed by atoms with van der Waals surface area (Å²) in [7, 11) is 1.71. The van der Waals surface area contributed by atoms with Crippen molar-refractivity contribution in [2.75, 3.05) is 27.0 Å². The maximum Gasteiger partial charge on any atom is 0.231 e. The molecule has 4 rings (SSSR count). The van der Waals surface area contributed by atoms with Crippen LogP contribution in [0.1, 0.15) is 54.2 Å². The van der Waals surface area contributed by atoms with Crippen molar-refractivity contribution in [3.05, 3.63) is 64.4 Å². The Bertz CT molecular complexity index is 970. The fraction of sp³-hybridized carbons (Fsp3) is 0.400. The average molecular weight is 408 g/mol. The number of methoxy groups -OCH3 is 1. The van der Waals surface area contributed by atoms with Gasteiger partial charge in [-0.1, -0.05) is 45.0 Å². The van der Waals surface area contributed by atoms with Crippen molar-refractivity contribution in [1.82, 2.24) is 4.90 Å². The van der Waals surface area contributed by atoms with Crippen LogP contribution in [0.5, 0.6) is 11.5 Å². The number of carbonyl (C=O) groups is 1. The summed E-state index contributed by atoms with van der Waals surface area (Å²) in [5, 5.41) is 0. The van der Waals surface area contributed by atoms with Gasteiger partial charge in [0.25, 0.3) is 0 Å². The Morgan fingerprint density at radius 2 is 1.90 bits per heavy atom.